The number of nitrogens with zero attached hydrogens (tertiary/aromatic N) is 2. The molecule has 1 aliphatic rings. The van der Waals surface area contributed by atoms with Gasteiger partial charge in [-0.3, -0.25) is 4.79 Å². The van der Waals surface area contributed by atoms with E-state index in [1.165, 1.54) is 5.06 Å². The Kier molecular flexibility index (Phi) is 3.92. The molecular formula is C15H22N2O2. The van der Waals surface area contributed by atoms with Gasteiger partial charge < -0.3 is 10.1 Å². The Morgan fingerprint density at radius 1 is 1.37 bits per heavy atom. The molecule has 0 radical (unpaired) electrons. The number of hydroxylamine groups is 2. The van der Waals surface area contributed by atoms with Gasteiger partial charge in [0.2, 0.25) is 5.91 Å². The molecule has 1 saturated heterocycles. The van der Waals surface area contributed by atoms with Crippen molar-refractivity contribution >= 4 is 5.91 Å². The highest BCUT2D eigenvalue weighted by Crippen LogP contribution is 2.43. The van der Waals surface area contributed by atoms with Gasteiger partial charge in [-0.1, -0.05) is 30.3 Å². The van der Waals surface area contributed by atoms with Crippen LogP contribution in [0, 0.1) is 0 Å². The second kappa shape index (κ2) is 5.31. The Balaban J connectivity index is 2.27. The predicted octanol–water partition coefficient (Wildman–Crippen LogP) is 2.10. The minimum Gasteiger partial charge on any atom is -0.342 e. The van der Waals surface area contributed by atoms with Crippen LogP contribution in [-0.4, -0.2) is 46.3 Å². The molecule has 1 heterocycles. The smallest absolute Gasteiger partial charge is 0.245 e. The first-order chi connectivity index (χ1) is 9.05. The lowest BCUT2D eigenvalue weighted by Crippen LogP contribution is -2.69. The van der Waals surface area contributed by atoms with Crippen molar-refractivity contribution in [1.29, 1.82) is 0 Å². The van der Waals surface area contributed by atoms with E-state index < -0.39 is 5.54 Å². The molecular weight excluding hydrogens is 240 g/mol. The molecule has 4 nitrogen and oxygen atoms in total. The van der Waals surface area contributed by atoms with Crippen LogP contribution in [0.25, 0.3) is 0 Å². The largest absolute Gasteiger partial charge is 0.342 e. The van der Waals surface area contributed by atoms with E-state index in [2.05, 4.69) is 0 Å². The van der Waals surface area contributed by atoms with Gasteiger partial charge in [0.15, 0.2) is 0 Å². The van der Waals surface area contributed by atoms with Crippen LogP contribution in [0.1, 0.15) is 32.3 Å². The van der Waals surface area contributed by atoms with Crippen LogP contribution >= 0.6 is 0 Å². The van der Waals surface area contributed by atoms with Crippen LogP contribution in [-0.2, 0) is 4.79 Å². The summed E-state index contributed by atoms with van der Waals surface area (Å²) >= 11 is 0. The molecule has 0 unspecified atom stereocenters. The Morgan fingerprint density at radius 2 is 1.95 bits per heavy atom. The van der Waals surface area contributed by atoms with Crippen molar-refractivity contribution < 1.29 is 10.0 Å². The molecule has 1 amide bonds. The number of amides is 1. The normalized spacial score (nSPS) is 26.8. The van der Waals surface area contributed by atoms with Crippen molar-refractivity contribution in [2.24, 2.45) is 0 Å². The molecule has 0 spiro atoms. The summed E-state index contributed by atoms with van der Waals surface area (Å²) in [6.45, 7) is 7.59. The number of benzene rings is 1. The molecule has 1 aliphatic heterocycles. The minimum atomic E-state index is -0.840. The van der Waals surface area contributed by atoms with Gasteiger partial charge in [-0.05, 0) is 26.3 Å². The van der Waals surface area contributed by atoms with Gasteiger partial charge in [0, 0.05) is 25.6 Å². The van der Waals surface area contributed by atoms with E-state index in [9.17, 15) is 10.0 Å². The van der Waals surface area contributed by atoms with Gasteiger partial charge in [-0.25, -0.2) is 0 Å². The molecule has 104 valence electrons. The third kappa shape index (κ3) is 2.15. The van der Waals surface area contributed by atoms with Crippen LogP contribution < -0.4 is 0 Å². The maximum absolute atomic E-state index is 12.6. The van der Waals surface area contributed by atoms with Gasteiger partial charge >= 0.3 is 0 Å². The summed E-state index contributed by atoms with van der Waals surface area (Å²) in [4.78, 5) is 14.4. The van der Waals surface area contributed by atoms with Crippen LogP contribution in [0.3, 0.4) is 0 Å². The van der Waals surface area contributed by atoms with Crippen molar-refractivity contribution in [2.45, 2.75) is 32.2 Å². The van der Waals surface area contributed by atoms with Crippen molar-refractivity contribution in [2.75, 3.05) is 19.6 Å². The fourth-order valence-corrected chi connectivity index (χ4v) is 2.81. The Labute approximate surface area is 114 Å². The van der Waals surface area contributed by atoms with Crippen molar-refractivity contribution in [3.8, 4) is 0 Å². The SMILES string of the molecule is CCN(CC)C(=O)[C@@]1(C)[C@@H](c2ccccc2)CN1O. The second-order valence-electron chi connectivity index (χ2n) is 5.17. The lowest BCUT2D eigenvalue weighted by molar-refractivity contribution is -0.242. The Hall–Kier alpha value is -1.39. The van der Waals surface area contributed by atoms with E-state index in [1.807, 2.05) is 51.1 Å². The predicted molar refractivity (Wildman–Crippen MR) is 74.0 cm³/mol. The zero-order valence-corrected chi connectivity index (χ0v) is 11.8. The maximum atomic E-state index is 12.6. The molecule has 2 atom stereocenters. The first-order valence-corrected chi connectivity index (χ1v) is 6.86. The topological polar surface area (TPSA) is 43.8 Å². The molecule has 0 aromatic heterocycles. The van der Waals surface area contributed by atoms with E-state index in [4.69, 9.17) is 0 Å². The van der Waals surface area contributed by atoms with E-state index in [1.54, 1.807) is 4.90 Å². The first kappa shape index (κ1) is 14.0. The number of carbonyl (C=O) groups is 1. The minimum absolute atomic E-state index is 0.0000954. The number of carbonyl (C=O) groups excluding carboxylic acids is 1. The molecule has 1 N–H and O–H groups in total. The highest BCUT2D eigenvalue weighted by molar-refractivity contribution is 5.88. The number of rotatable bonds is 4. The summed E-state index contributed by atoms with van der Waals surface area (Å²) in [5.41, 5.74) is 0.267. The van der Waals surface area contributed by atoms with Crippen LogP contribution in [0.4, 0.5) is 0 Å². The summed E-state index contributed by atoms with van der Waals surface area (Å²) in [7, 11) is 0. The van der Waals surface area contributed by atoms with Crippen molar-refractivity contribution in [1.82, 2.24) is 9.96 Å². The second-order valence-corrected chi connectivity index (χ2v) is 5.17. The summed E-state index contributed by atoms with van der Waals surface area (Å²) in [5.74, 6) is 0.0481. The molecule has 0 saturated carbocycles. The van der Waals surface area contributed by atoms with Gasteiger partial charge in [-0.15, -0.1) is 0 Å². The molecule has 19 heavy (non-hydrogen) atoms. The van der Waals surface area contributed by atoms with Gasteiger partial charge in [0.1, 0.15) is 5.54 Å². The molecule has 4 heteroatoms. The summed E-state index contributed by atoms with van der Waals surface area (Å²) in [5, 5.41) is 11.2. The lowest BCUT2D eigenvalue weighted by Gasteiger charge is -2.53. The fourth-order valence-electron chi connectivity index (χ4n) is 2.81. The molecule has 0 bridgehead atoms. The first-order valence-electron chi connectivity index (χ1n) is 6.86. The highest BCUT2D eigenvalue weighted by Gasteiger charge is 2.56. The summed E-state index contributed by atoms with van der Waals surface area (Å²) < 4.78 is 0. The average molecular weight is 262 g/mol. The standard InChI is InChI=1S/C15H22N2O2/c1-4-16(5-2)14(18)15(3)13(11-17(15)19)12-9-7-6-8-10-12/h6-10,13,19H,4-5,11H2,1-3H3/t13-,15-/m1/s1. The number of likely N-dealkylation sites (N-methyl/N-ethyl adjacent to an activating group) is 1. The van der Waals surface area contributed by atoms with Gasteiger partial charge in [0.05, 0.1) is 0 Å². The zero-order chi connectivity index (χ0) is 14.0. The van der Waals surface area contributed by atoms with Gasteiger partial charge in [0.25, 0.3) is 0 Å². The molecule has 0 aliphatic carbocycles. The van der Waals surface area contributed by atoms with Crippen molar-refractivity contribution in [3.05, 3.63) is 35.9 Å². The van der Waals surface area contributed by atoms with Crippen LogP contribution in [0.5, 0.6) is 0 Å². The fraction of sp³-hybridized carbons (Fsp3) is 0.533. The number of hydrogen-bond acceptors (Lipinski definition) is 3. The third-order valence-corrected chi connectivity index (χ3v) is 4.26. The van der Waals surface area contributed by atoms with E-state index in [0.29, 0.717) is 19.6 Å². The lowest BCUT2D eigenvalue weighted by atomic mass is 9.72. The molecule has 2 rings (SSSR count). The Bertz CT molecular complexity index is 445. The monoisotopic (exact) mass is 262 g/mol. The summed E-state index contributed by atoms with van der Waals surface area (Å²) in [6.07, 6.45) is 0. The molecule has 1 aromatic rings. The van der Waals surface area contributed by atoms with E-state index >= 15 is 0 Å². The third-order valence-electron chi connectivity index (χ3n) is 4.26. The zero-order valence-electron chi connectivity index (χ0n) is 11.8. The average Bonchev–Trinajstić information content (AvgIpc) is 2.45. The highest BCUT2D eigenvalue weighted by atomic mass is 16.5. The van der Waals surface area contributed by atoms with Gasteiger partial charge in [-0.2, -0.15) is 5.06 Å². The molecule has 1 aromatic carbocycles. The van der Waals surface area contributed by atoms with E-state index in [0.717, 1.165) is 5.56 Å². The number of hydrogen-bond donors (Lipinski definition) is 1. The summed E-state index contributed by atoms with van der Waals surface area (Å²) in [6, 6.07) is 9.94. The quantitative estimate of drug-likeness (QED) is 0.903. The Morgan fingerprint density at radius 3 is 2.42 bits per heavy atom. The maximum Gasteiger partial charge on any atom is 0.245 e. The van der Waals surface area contributed by atoms with Crippen molar-refractivity contribution in [3.63, 3.8) is 0 Å². The van der Waals surface area contributed by atoms with Crippen LogP contribution in [0.15, 0.2) is 30.3 Å². The van der Waals surface area contributed by atoms with Crippen LogP contribution in [0.2, 0.25) is 0 Å². The molecule has 1 fully saturated rings. The van der Waals surface area contributed by atoms with E-state index in [-0.39, 0.29) is 11.8 Å².